The summed E-state index contributed by atoms with van der Waals surface area (Å²) in [6.45, 7) is 0. The van der Waals surface area contributed by atoms with Crippen LogP contribution in [0.15, 0.2) is 0 Å². The Balaban J connectivity index is 4.22. The van der Waals surface area contributed by atoms with Crippen molar-refractivity contribution in [3.8, 4) is 0 Å². The summed E-state index contributed by atoms with van der Waals surface area (Å²) >= 11 is 1.47. The Morgan fingerprint density at radius 2 is 1.89 bits per heavy atom. The molecule has 0 saturated carbocycles. The van der Waals surface area contributed by atoms with Gasteiger partial charge in [0.05, 0.1) is 6.04 Å². The summed E-state index contributed by atoms with van der Waals surface area (Å²) < 4.78 is 0. The highest BCUT2D eigenvalue weighted by Gasteiger charge is 2.23. The number of hydrogen-bond acceptors (Lipinski definition) is 5. The highest BCUT2D eigenvalue weighted by molar-refractivity contribution is 7.98. The van der Waals surface area contributed by atoms with Crippen LogP contribution in [0, 0.1) is 0 Å². The Morgan fingerprint density at radius 3 is 2.33 bits per heavy atom. The first-order chi connectivity index (χ1) is 8.38. The van der Waals surface area contributed by atoms with Gasteiger partial charge < -0.3 is 21.3 Å². The zero-order chi connectivity index (χ0) is 14.1. The SMILES string of the molecule is CSCC[C@@H](NC(=O)C(N)CCC(=O)O)C(=O)O. The lowest BCUT2D eigenvalue weighted by molar-refractivity contribution is -0.142. The first-order valence-electron chi connectivity index (χ1n) is 5.38. The average Bonchev–Trinajstić information content (AvgIpc) is 2.30. The molecule has 0 radical (unpaired) electrons. The van der Waals surface area contributed by atoms with Crippen molar-refractivity contribution in [3.63, 3.8) is 0 Å². The lowest BCUT2D eigenvalue weighted by atomic mass is 10.1. The quantitative estimate of drug-likeness (QED) is 0.447. The highest BCUT2D eigenvalue weighted by Crippen LogP contribution is 2.02. The molecule has 0 rings (SSSR count). The molecule has 5 N–H and O–H groups in total. The monoisotopic (exact) mass is 278 g/mol. The third-order valence-electron chi connectivity index (χ3n) is 2.23. The van der Waals surface area contributed by atoms with Gasteiger partial charge >= 0.3 is 11.9 Å². The van der Waals surface area contributed by atoms with Crippen molar-refractivity contribution in [2.24, 2.45) is 5.73 Å². The maximum atomic E-state index is 11.5. The third kappa shape index (κ3) is 7.13. The molecule has 0 fully saturated rings. The summed E-state index contributed by atoms with van der Waals surface area (Å²) in [6, 6.07) is -1.99. The van der Waals surface area contributed by atoms with E-state index in [9.17, 15) is 14.4 Å². The van der Waals surface area contributed by atoms with Crippen molar-refractivity contribution in [2.75, 3.05) is 12.0 Å². The molecular formula is C10H18N2O5S. The van der Waals surface area contributed by atoms with E-state index in [2.05, 4.69) is 5.32 Å². The van der Waals surface area contributed by atoms with Crippen LogP contribution in [0.5, 0.6) is 0 Å². The zero-order valence-corrected chi connectivity index (χ0v) is 10.9. The molecule has 0 saturated heterocycles. The molecule has 104 valence electrons. The van der Waals surface area contributed by atoms with Crippen molar-refractivity contribution < 1.29 is 24.6 Å². The van der Waals surface area contributed by atoms with Gasteiger partial charge in [0.25, 0.3) is 0 Å². The Hall–Kier alpha value is -1.28. The first-order valence-corrected chi connectivity index (χ1v) is 6.77. The smallest absolute Gasteiger partial charge is 0.326 e. The molecule has 0 aliphatic carbocycles. The molecule has 2 atom stereocenters. The highest BCUT2D eigenvalue weighted by atomic mass is 32.2. The summed E-state index contributed by atoms with van der Waals surface area (Å²) in [5.74, 6) is -2.20. The fourth-order valence-electron chi connectivity index (χ4n) is 1.18. The van der Waals surface area contributed by atoms with E-state index < -0.39 is 29.9 Å². The topological polar surface area (TPSA) is 130 Å². The van der Waals surface area contributed by atoms with E-state index in [4.69, 9.17) is 15.9 Å². The molecule has 0 aliphatic rings. The van der Waals surface area contributed by atoms with Crippen LogP contribution in [0.25, 0.3) is 0 Å². The van der Waals surface area contributed by atoms with Crippen molar-refractivity contribution in [1.82, 2.24) is 5.32 Å². The Kier molecular flexibility index (Phi) is 8.14. The number of nitrogens with one attached hydrogen (secondary N) is 1. The molecule has 1 amide bonds. The van der Waals surface area contributed by atoms with Gasteiger partial charge in [-0.3, -0.25) is 9.59 Å². The molecule has 0 aromatic carbocycles. The molecule has 18 heavy (non-hydrogen) atoms. The Labute approximate surface area is 109 Å². The lowest BCUT2D eigenvalue weighted by Crippen LogP contribution is -2.48. The number of rotatable bonds is 9. The number of hydrogen-bond donors (Lipinski definition) is 4. The molecule has 0 aromatic heterocycles. The second-order valence-corrected chi connectivity index (χ2v) is 4.71. The maximum absolute atomic E-state index is 11.5. The lowest BCUT2D eigenvalue weighted by Gasteiger charge is -2.17. The fourth-order valence-corrected chi connectivity index (χ4v) is 1.65. The van der Waals surface area contributed by atoms with E-state index in [0.29, 0.717) is 12.2 Å². The Morgan fingerprint density at radius 1 is 1.28 bits per heavy atom. The summed E-state index contributed by atoms with van der Waals surface area (Å²) in [5.41, 5.74) is 5.47. The molecule has 0 spiro atoms. The van der Waals surface area contributed by atoms with Gasteiger partial charge in [0.2, 0.25) is 5.91 Å². The predicted octanol–water partition coefficient (Wildman–Crippen LogP) is -0.499. The number of carbonyl (C=O) groups is 3. The van der Waals surface area contributed by atoms with Gasteiger partial charge in [-0.1, -0.05) is 0 Å². The van der Waals surface area contributed by atoms with Gasteiger partial charge in [-0.25, -0.2) is 4.79 Å². The molecule has 1 unspecified atom stereocenters. The number of carboxylic acid groups (broad SMARTS) is 2. The van der Waals surface area contributed by atoms with Crippen LogP contribution in [0.4, 0.5) is 0 Å². The van der Waals surface area contributed by atoms with Crippen molar-refractivity contribution in [1.29, 1.82) is 0 Å². The number of carbonyl (C=O) groups excluding carboxylic acids is 1. The van der Waals surface area contributed by atoms with Crippen molar-refractivity contribution in [3.05, 3.63) is 0 Å². The van der Waals surface area contributed by atoms with Gasteiger partial charge in [-0.05, 0) is 24.9 Å². The van der Waals surface area contributed by atoms with E-state index in [0.717, 1.165) is 0 Å². The van der Waals surface area contributed by atoms with Gasteiger partial charge in [-0.2, -0.15) is 11.8 Å². The molecule has 0 heterocycles. The summed E-state index contributed by atoms with van der Waals surface area (Å²) in [4.78, 5) is 32.7. The maximum Gasteiger partial charge on any atom is 0.326 e. The normalized spacial score (nSPS) is 13.7. The molecule has 8 heteroatoms. The van der Waals surface area contributed by atoms with Gasteiger partial charge in [0.1, 0.15) is 6.04 Å². The summed E-state index contributed by atoms with van der Waals surface area (Å²) in [5, 5.41) is 19.6. The number of amides is 1. The molecule has 0 aliphatic heterocycles. The van der Waals surface area contributed by atoms with Crippen molar-refractivity contribution >= 4 is 29.6 Å². The van der Waals surface area contributed by atoms with Crippen LogP contribution in [0.1, 0.15) is 19.3 Å². The molecular weight excluding hydrogens is 260 g/mol. The minimum absolute atomic E-state index is 0.0178. The molecule has 0 aromatic rings. The largest absolute Gasteiger partial charge is 0.481 e. The zero-order valence-electron chi connectivity index (χ0n) is 10.1. The second kappa shape index (κ2) is 8.76. The van der Waals surface area contributed by atoms with E-state index in [1.807, 2.05) is 6.26 Å². The third-order valence-corrected chi connectivity index (χ3v) is 2.88. The molecule has 7 nitrogen and oxygen atoms in total. The van der Waals surface area contributed by atoms with E-state index in [1.165, 1.54) is 11.8 Å². The van der Waals surface area contributed by atoms with E-state index in [-0.39, 0.29) is 12.8 Å². The number of nitrogens with two attached hydrogens (primary N) is 1. The minimum Gasteiger partial charge on any atom is -0.481 e. The predicted molar refractivity (Wildman–Crippen MR) is 67.4 cm³/mol. The van der Waals surface area contributed by atoms with Crippen LogP contribution in [-0.2, 0) is 14.4 Å². The second-order valence-electron chi connectivity index (χ2n) is 3.72. The number of thioether (sulfide) groups is 1. The van der Waals surface area contributed by atoms with Gasteiger partial charge in [0.15, 0.2) is 0 Å². The van der Waals surface area contributed by atoms with Gasteiger partial charge in [0, 0.05) is 6.42 Å². The Bertz CT molecular complexity index is 311. The van der Waals surface area contributed by atoms with Crippen LogP contribution in [0.2, 0.25) is 0 Å². The fraction of sp³-hybridized carbons (Fsp3) is 0.700. The number of aliphatic carboxylic acids is 2. The summed E-state index contributed by atoms with van der Waals surface area (Å²) in [6.07, 6.45) is 1.89. The standard InChI is InChI=1S/C10H18N2O5S/c1-18-5-4-7(10(16)17)12-9(15)6(11)2-3-8(13)14/h6-7H,2-5,11H2,1H3,(H,12,15)(H,13,14)(H,16,17)/t6?,7-/m1/s1. The van der Waals surface area contributed by atoms with Crippen LogP contribution in [0.3, 0.4) is 0 Å². The van der Waals surface area contributed by atoms with E-state index >= 15 is 0 Å². The molecule has 0 bridgehead atoms. The minimum atomic E-state index is -1.12. The van der Waals surface area contributed by atoms with Crippen LogP contribution >= 0.6 is 11.8 Å². The number of carboxylic acids is 2. The average molecular weight is 278 g/mol. The summed E-state index contributed by atoms with van der Waals surface area (Å²) in [7, 11) is 0. The van der Waals surface area contributed by atoms with E-state index in [1.54, 1.807) is 0 Å². The van der Waals surface area contributed by atoms with Crippen LogP contribution in [-0.4, -0.2) is 52.2 Å². The van der Waals surface area contributed by atoms with Crippen molar-refractivity contribution in [2.45, 2.75) is 31.3 Å². The first kappa shape index (κ1) is 16.7. The van der Waals surface area contributed by atoms with Crippen LogP contribution < -0.4 is 11.1 Å². The van der Waals surface area contributed by atoms with Gasteiger partial charge in [-0.15, -0.1) is 0 Å².